The summed E-state index contributed by atoms with van der Waals surface area (Å²) < 4.78 is 11.5. The number of aliphatic hydroxyl groups is 1. The molecule has 0 bridgehead atoms. The Balaban J connectivity index is 1.42. The molecule has 1 atom stereocenters. The molecule has 0 unspecified atom stereocenters. The molecule has 1 aromatic rings. The van der Waals surface area contributed by atoms with E-state index in [2.05, 4.69) is 36.0 Å². The van der Waals surface area contributed by atoms with Crippen molar-refractivity contribution >= 4 is 0 Å². The fourth-order valence-electron chi connectivity index (χ4n) is 4.83. The third-order valence-electron chi connectivity index (χ3n) is 6.80. The molecule has 170 valence electrons. The average molecular weight is 419 g/mol. The van der Waals surface area contributed by atoms with Gasteiger partial charge in [0.1, 0.15) is 18.5 Å². The lowest BCUT2D eigenvalue weighted by molar-refractivity contribution is 0.0553. The molecule has 1 aliphatic carbocycles. The van der Waals surface area contributed by atoms with E-state index >= 15 is 0 Å². The lowest BCUT2D eigenvalue weighted by atomic mass is 9.94. The molecular weight excluding hydrogens is 376 g/mol. The molecule has 1 saturated carbocycles. The van der Waals surface area contributed by atoms with Gasteiger partial charge in [-0.3, -0.25) is 0 Å². The highest BCUT2D eigenvalue weighted by atomic mass is 16.5. The second-order valence-corrected chi connectivity index (χ2v) is 9.39. The molecule has 0 amide bonds. The van der Waals surface area contributed by atoms with E-state index < -0.39 is 6.10 Å². The van der Waals surface area contributed by atoms with E-state index in [1.807, 2.05) is 12.1 Å². The molecule has 1 heterocycles. The molecule has 2 aliphatic rings. The molecule has 30 heavy (non-hydrogen) atoms. The number of benzene rings is 1. The number of hydrogen-bond acceptors (Lipinski definition) is 5. The van der Waals surface area contributed by atoms with Crippen LogP contribution >= 0.6 is 0 Å². The summed E-state index contributed by atoms with van der Waals surface area (Å²) >= 11 is 0. The van der Waals surface area contributed by atoms with Crippen LogP contribution in [0.3, 0.4) is 0 Å². The van der Waals surface area contributed by atoms with Gasteiger partial charge in [0.25, 0.3) is 0 Å². The monoisotopic (exact) mass is 418 g/mol. The van der Waals surface area contributed by atoms with Gasteiger partial charge in [-0.25, -0.2) is 0 Å². The number of para-hydroxylation sites is 1. The number of aliphatic hydroxyl groups excluding tert-OH is 1. The fourth-order valence-corrected chi connectivity index (χ4v) is 4.83. The summed E-state index contributed by atoms with van der Waals surface area (Å²) in [5, 5.41) is 10.5. The predicted molar refractivity (Wildman–Crippen MR) is 122 cm³/mol. The van der Waals surface area contributed by atoms with Gasteiger partial charge in [-0.1, -0.05) is 37.5 Å². The fraction of sp³-hybridized carbons (Fsp3) is 0.760. The molecule has 0 aromatic heterocycles. The van der Waals surface area contributed by atoms with Crippen molar-refractivity contribution in [3.8, 4) is 5.75 Å². The predicted octanol–water partition coefficient (Wildman–Crippen LogP) is 3.94. The highest BCUT2D eigenvalue weighted by molar-refractivity contribution is 5.33. The second-order valence-electron chi connectivity index (χ2n) is 9.39. The minimum atomic E-state index is -0.462. The second kappa shape index (κ2) is 12.7. The zero-order valence-electron chi connectivity index (χ0n) is 19.1. The highest BCUT2D eigenvalue weighted by Gasteiger charge is 2.20. The van der Waals surface area contributed by atoms with Gasteiger partial charge in [-0.2, -0.15) is 0 Å². The first kappa shape index (κ1) is 23.5. The Bertz CT molecular complexity index is 600. The summed E-state index contributed by atoms with van der Waals surface area (Å²) in [6.45, 7) is 4.83. The Morgan fingerprint density at radius 2 is 1.80 bits per heavy atom. The zero-order valence-corrected chi connectivity index (χ0v) is 19.1. The van der Waals surface area contributed by atoms with Crippen LogP contribution in [0.25, 0.3) is 0 Å². The van der Waals surface area contributed by atoms with Crippen LogP contribution in [0, 0.1) is 5.92 Å². The first-order valence-electron chi connectivity index (χ1n) is 12.0. The Morgan fingerprint density at radius 3 is 2.57 bits per heavy atom. The molecule has 1 aromatic carbocycles. The normalized spacial score (nSPS) is 20.0. The maximum atomic E-state index is 10.5. The molecule has 3 rings (SSSR count). The maximum absolute atomic E-state index is 10.5. The molecule has 0 spiro atoms. The van der Waals surface area contributed by atoms with Crippen molar-refractivity contribution in [2.45, 2.75) is 70.1 Å². The van der Waals surface area contributed by atoms with Crippen LogP contribution in [-0.4, -0.2) is 74.1 Å². The minimum absolute atomic E-state index is 0.347. The van der Waals surface area contributed by atoms with Gasteiger partial charge in [0.05, 0.1) is 0 Å². The van der Waals surface area contributed by atoms with Crippen molar-refractivity contribution in [3.05, 3.63) is 29.8 Å². The standard InChI is InChI=1S/C25H42N2O3/c1-26(15-12-21-13-16-29-17-14-21)18-22-8-6-7-11-25(22)30-20-24(28)19-27(2)23-9-4-3-5-10-23/h6-8,11,21,23-24,28H,3-5,9-10,12-20H2,1-2H3/t24-/m1/s1. The van der Waals surface area contributed by atoms with E-state index in [1.165, 1.54) is 56.9 Å². The van der Waals surface area contributed by atoms with Gasteiger partial charge in [0, 0.05) is 37.9 Å². The van der Waals surface area contributed by atoms with E-state index in [1.54, 1.807) is 0 Å². The Morgan fingerprint density at radius 1 is 1.07 bits per heavy atom. The van der Waals surface area contributed by atoms with E-state index in [9.17, 15) is 5.11 Å². The van der Waals surface area contributed by atoms with Crippen LogP contribution in [0.15, 0.2) is 24.3 Å². The van der Waals surface area contributed by atoms with Gasteiger partial charge in [0.2, 0.25) is 0 Å². The van der Waals surface area contributed by atoms with Crippen molar-refractivity contribution in [2.75, 3.05) is 47.0 Å². The number of rotatable bonds is 11. The molecule has 1 aliphatic heterocycles. The van der Waals surface area contributed by atoms with Crippen LogP contribution in [0.4, 0.5) is 0 Å². The van der Waals surface area contributed by atoms with Crippen LogP contribution in [0.1, 0.15) is 56.9 Å². The largest absolute Gasteiger partial charge is 0.491 e. The molecule has 1 N–H and O–H groups in total. The van der Waals surface area contributed by atoms with Crippen molar-refractivity contribution in [2.24, 2.45) is 5.92 Å². The highest BCUT2D eigenvalue weighted by Crippen LogP contribution is 2.23. The van der Waals surface area contributed by atoms with Crippen molar-refractivity contribution in [3.63, 3.8) is 0 Å². The van der Waals surface area contributed by atoms with Gasteiger partial charge in [0.15, 0.2) is 0 Å². The number of nitrogens with zero attached hydrogens (tertiary/aromatic N) is 2. The van der Waals surface area contributed by atoms with E-state index in [0.29, 0.717) is 19.2 Å². The van der Waals surface area contributed by atoms with Crippen molar-refractivity contribution in [1.29, 1.82) is 0 Å². The minimum Gasteiger partial charge on any atom is -0.491 e. The van der Waals surface area contributed by atoms with Crippen LogP contribution in [0.2, 0.25) is 0 Å². The van der Waals surface area contributed by atoms with Gasteiger partial charge >= 0.3 is 0 Å². The molecule has 5 nitrogen and oxygen atoms in total. The third kappa shape index (κ3) is 7.84. The number of hydrogen-bond donors (Lipinski definition) is 1. The number of ether oxygens (including phenoxy) is 2. The Labute approximate surface area is 183 Å². The SMILES string of the molecule is CN(CCC1CCOCC1)Cc1ccccc1OC[C@H](O)CN(C)C1CCCCC1. The first-order chi connectivity index (χ1) is 14.6. The summed E-state index contributed by atoms with van der Waals surface area (Å²) in [6.07, 6.45) is 9.66. The van der Waals surface area contributed by atoms with Crippen molar-refractivity contribution < 1.29 is 14.6 Å². The maximum Gasteiger partial charge on any atom is 0.123 e. The summed E-state index contributed by atoms with van der Waals surface area (Å²) in [5.74, 6) is 1.69. The van der Waals surface area contributed by atoms with E-state index in [-0.39, 0.29) is 0 Å². The van der Waals surface area contributed by atoms with Gasteiger partial charge in [-0.05, 0) is 64.7 Å². The summed E-state index contributed by atoms with van der Waals surface area (Å²) in [7, 11) is 4.32. The first-order valence-corrected chi connectivity index (χ1v) is 12.0. The molecule has 2 fully saturated rings. The Hall–Kier alpha value is -1.14. The topological polar surface area (TPSA) is 45.2 Å². The van der Waals surface area contributed by atoms with Crippen LogP contribution in [-0.2, 0) is 11.3 Å². The molecule has 0 radical (unpaired) electrons. The van der Waals surface area contributed by atoms with E-state index in [4.69, 9.17) is 9.47 Å². The van der Waals surface area contributed by atoms with Gasteiger partial charge < -0.3 is 24.4 Å². The lowest BCUT2D eigenvalue weighted by Gasteiger charge is -2.32. The van der Waals surface area contributed by atoms with Crippen LogP contribution in [0.5, 0.6) is 5.75 Å². The smallest absolute Gasteiger partial charge is 0.123 e. The summed E-state index contributed by atoms with van der Waals surface area (Å²) in [4.78, 5) is 4.70. The Kier molecular flexibility index (Phi) is 9.92. The molecule has 1 saturated heterocycles. The van der Waals surface area contributed by atoms with E-state index in [0.717, 1.165) is 38.0 Å². The third-order valence-corrected chi connectivity index (χ3v) is 6.80. The zero-order chi connectivity index (χ0) is 21.2. The summed E-state index contributed by atoms with van der Waals surface area (Å²) in [6, 6.07) is 8.87. The van der Waals surface area contributed by atoms with Gasteiger partial charge in [-0.15, -0.1) is 0 Å². The summed E-state index contributed by atoms with van der Waals surface area (Å²) in [5.41, 5.74) is 1.19. The molecular formula is C25H42N2O3. The number of likely N-dealkylation sites (N-methyl/N-ethyl adjacent to an activating group) is 1. The average Bonchev–Trinajstić information content (AvgIpc) is 2.78. The lowest BCUT2D eigenvalue weighted by Crippen LogP contribution is -2.40. The molecule has 5 heteroatoms. The van der Waals surface area contributed by atoms with Crippen molar-refractivity contribution in [1.82, 2.24) is 9.80 Å². The quantitative estimate of drug-likeness (QED) is 0.590. The van der Waals surface area contributed by atoms with Crippen LogP contribution < -0.4 is 4.74 Å².